The van der Waals surface area contributed by atoms with Gasteiger partial charge in [-0.2, -0.15) is 0 Å². The molecule has 20 heavy (non-hydrogen) atoms. The zero-order valence-electron chi connectivity index (χ0n) is 12.4. The maximum Gasteiger partial charge on any atom is 0.338 e. The number of carbonyl (C=O) groups is 2. The SMILES string of the molecule is COC(=O)c1cc(Br)ccc1C(=O)N(C(C)C)C(C)C. The zero-order chi connectivity index (χ0) is 15.4. The van der Waals surface area contributed by atoms with Crippen molar-refractivity contribution in [1.82, 2.24) is 4.90 Å². The molecule has 0 bridgehead atoms. The van der Waals surface area contributed by atoms with Gasteiger partial charge in [0.1, 0.15) is 0 Å². The lowest BCUT2D eigenvalue weighted by Crippen LogP contribution is -2.42. The van der Waals surface area contributed by atoms with Crippen LogP contribution in [0, 0.1) is 0 Å². The summed E-state index contributed by atoms with van der Waals surface area (Å²) in [6, 6.07) is 5.11. The number of methoxy groups -OCH3 is 1. The molecule has 0 atom stereocenters. The summed E-state index contributed by atoms with van der Waals surface area (Å²) in [6.45, 7) is 7.81. The highest BCUT2D eigenvalue weighted by Gasteiger charge is 2.26. The lowest BCUT2D eigenvalue weighted by molar-refractivity contribution is 0.0573. The molecule has 0 N–H and O–H groups in total. The molecule has 0 unspecified atom stereocenters. The van der Waals surface area contributed by atoms with Crippen LogP contribution in [-0.4, -0.2) is 36.0 Å². The van der Waals surface area contributed by atoms with Crippen LogP contribution in [0.5, 0.6) is 0 Å². The third-order valence-corrected chi connectivity index (χ3v) is 3.46. The summed E-state index contributed by atoms with van der Waals surface area (Å²) in [5, 5.41) is 0. The number of hydrogen-bond acceptors (Lipinski definition) is 3. The van der Waals surface area contributed by atoms with Crippen LogP contribution in [0.1, 0.15) is 48.4 Å². The van der Waals surface area contributed by atoms with Crippen molar-refractivity contribution < 1.29 is 14.3 Å². The van der Waals surface area contributed by atoms with E-state index in [0.717, 1.165) is 4.47 Å². The van der Waals surface area contributed by atoms with Crippen LogP contribution in [0.25, 0.3) is 0 Å². The van der Waals surface area contributed by atoms with E-state index in [4.69, 9.17) is 4.74 Å². The molecule has 1 rings (SSSR count). The predicted molar refractivity (Wildman–Crippen MR) is 81.9 cm³/mol. The number of hydrogen-bond donors (Lipinski definition) is 0. The molecule has 0 aromatic heterocycles. The Hall–Kier alpha value is -1.36. The van der Waals surface area contributed by atoms with Crippen LogP contribution in [0.3, 0.4) is 0 Å². The lowest BCUT2D eigenvalue weighted by Gasteiger charge is -2.31. The van der Waals surface area contributed by atoms with Crippen LogP contribution in [-0.2, 0) is 4.74 Å². The van der Waals surface area contributed by atoms with E-state index in [1.165, 1.54) is 7.11 Å². The summed E-state index contributed by atoms with van der Waals surface area (Å²) >= 11 is 3.31. The average Bonchev–Trinajstić information content (AvgIpc) is 2.36. The fourth-order valence-corrected chi connectivity index (χ4v) is 2.55. The number of carbonyl (C=O) groups excluding carboxylic acids is 2. The van der Waals surface area contributed by atoms with Crippen LogP contribution in [0.4, 0.5) is 0 Å². The Morgan fingerprint density at radius 1 is 1.10 bits per heavy atom. The standard InChI is InChI=1S/C15H20BrNO3/c1-9(2)17(10(3)4)14(18)12-7-6-11(16)8-13(12)15(19)20-5/h6-10H,1-5H3. The molecule has 1 amide bonds. The second kappa shape index (κ2) is 6.88. The van der Waals surface area contributed by atoms with E-state index in [0.29, 0.717) is 5.56 Å². The number of ether oxygens (including phenoxy) is 1. The molecule has 1 aromatic carbocycles. The number of rotatable bonds is 4. The zero-order valence-corrected chi connectivity index (χ0v) is 14.0. The molecule has 0 fully saturated rings. The normalized spacial score (nSPS) is 10.8. The third kappa shape index (κ3) is 3.60. The maximum atomic E-state index is 12.7. The molecule has 0 aliphatic rings. The van der Waals surface area contributed by atoms with Crippen molar-refractivity contribution in [3.63, 3.8) is 0 Å². The third-order valence-electron chi connectivity index (χ3n) is 2.96. The van der Waals surface area contributed by atoms with Crippen molar-refractivity contribution in [2.75, 3.05) is 7.11 Å². The average molecular weight is 342 g/mol. The van der Waals surface area contributed by atoms with Gasteiger partial charge in [0.25, 0.3) is 5.91 Å². The second-order valence-electron chi connectivity index (χ2n) is 5.08. The lowest BCUT2D eigenvalue weighted by atomic mass is 10.0. The number of nitrogens with zero attached hydrogens (tertiary/aromatic N) is 1. The molecule has 0 heterocycles. The first-order chi connectivity index (χ1) is 9.29. The quantitative estimate of drug-likeness (QED) is 0.787. The van der Waals surface area contributed by atoms with Crippen LogP contribution in [0.2, 0.25) is 0 Å². The van der Waals surface area contributed by atoms with Gasteiger partial charge in [-0.15, -0.1) is 0 Å². The minimum absolute atomic E-state index is 0.0524. The van der Waals surface area contributed by atoms with Gasteiger partial charge in [-0.25, -0.2) is 4.79 Å². The Morgan fingerprint density at radius 3 is 2.10 bits per heavy atom. The van der Waals surface area contributed by atoms with Gasteiger partial charge in [-0.05, 0) is 45.9 Å². The highest BCUT2D eigenvalue weighted by Crippen LogP contribution is 2.21. The first-order valence-corrected chi connectivity index (χ1v) is 7.29. The fraction of sp³-hybridized carbons (Fsp3) is 0.467. The number of amides is 1. The fourth-order valence-electron chi connectivity index (χ4n) is 2.19. The molecular formula is C15H20BrNO3. The van der Waals surface area contributed by atoms with Gasteiger partial charge in [0.2, 0.25) is 0 Å². The van der Waals surface area contributed by atoms with Crippen molar-refractivity contribution in [3.05, 3.63) is 33.8 Å². The van der Waals surface area contributed by atoms with Crippen LogP contribution < -0.4 is 0 Å². The summed E-state index contributed by atoms with van der Waals surface area (Å²) in [6.07, 6.45) is 0. The van der Waals surface area contributed by atoms with Crippen LogP contribution >= 0.6 is 15.9 Å². The molecule has 0 aliphatic heterocycles. The van der Waals surface area contributed by atoms with Crippen molar-refractivity contribution >= 4 is 27.8 Å². The van der Waals surface area contributed by atoms with Crippen molar-refractivity contribution in [3.8, 4) is 0 Å². The number of esters is 1. The van der Waals surface area contributed by atoms with Gasteiger partial charge in [-0.3, -0.25) is 4.79 Å². The highest BCUT2D eigenvalue weighted by molar-refractivity contribution is 9.10. The molecule has 110 valence electrons. The van der Waals surface area contributed by atoms with Crippen LogP contribution in [0.15, 0.2) is 22.7 Å². The smallest absolute Gasteiger partial charge is 0.338 e. The summed E-state index contributed by atoms with van der Waals surface area (Å²) in [7, 11) is 1.31. The van der Waals surface area contributed by atoms with Crippen molar-refractivity contribution in [2.24, 2.45) is 0 Å². The summed E-state index contributed by atoms with van der Waals surface area (Å²) in [5.74, 6) is -0.676. The number of benzene rings is 1. The Bertz CT molecular complexity index is 504. The highest BCUT2D eigenvalue weighted by atomic mass is 79.9. The molecule has 1 aromatic rings. The Balaban J connectivity index is 3.31. The summed E-state index contributed by atoms with van der Waals surface area (Å²) in [4.78, 5) is 26.3. The van der Waals surface area contributed by atoms with Gasteiger partial charge in [-0.1, -0.05) is 15.9 Å². The minimum atomic E-state index is -0.512. The van der Waals surface area contributed by atoms with E-state index in [1.807, 2.05) is 27.7 Å². The molecular weight excluding hydrogens is 322 g/mol. The molecule has 0 aliphatic carbocycles. The molecule has 0 saturated carbocycles. The first kappa shape index (κ1) is 16.7. The maximum absolute atomic E-state index is 12.7. The molecule has 4 nitrogen and oxygen atoms in total. The minimum Gasteiger partial charge on any atom is -0.465 e. The molecule has 5 heteroatoms. The van der Waals surface area contributed by atoms with E-state index < -0.39 is 5.97 Å². The molecule has 0 radical (unpaired) electrons. The Kier molecular flexibility index (Phi) is 5.74. The van der Waals surface area contributed by atoms with E-state index in [9.17, 15) is 9.59 Å². The van der Waals surface area contributed by atoms with E-state index in [1.54, 1.807) is 23.1 Å². The number of halogens is 1. The van der Waals surface area contributed by atoms with Gasteiger partial charge < -0.3 is 9.64 Å². The second-order valence-corrected chi connectivity index (χ2v) is 6.00. The van der Waals surface area contributed by atoms with E-state index in [-0.39, 0.29) is 23.6 Å². The topological polar surface area (TPSA) is 46.6 Å². The monoisotopic (exact) mass is 341 g/mol. The summed E-state index contributed by atoms with van der Waals surface area (Å²) < 4.78 is 5.48. The van der Waals surface area contributed by atoms with E-state index >= 15 is 0 Å². The van der Waals surface area contributed by atoms with Crippen molar-refractivity contribution in [2.45, 2.75) is 39.8 Å². The predicted octanol–water partition coefficient (Wildman–Crippen LogP) is 3.49. The van der Waals surface area contributed by atoms with Crippen molar-refractivity contribution in [1.29, 1.82) is 0 Å². The van der Waals surface area contributed by atoms with E-state index in [2.05, 4.69) is 15.9 Å². The van der Waals surface area contributed by atoms with Gasteiger partial charge >= 0.3 is 5.97 Å². The van der Waals surface area contributed by atoms with Gasteiger partial charge in [0, 0.05) is 16.6 Å². The Morgan fingerprint density at radius 2 is 1.65 bits per heavy atom. The molecule has 0 spiro atoms. The molecule has 0 saturated heterocycles. The first-order valence-electron chi connectivity index (χ1n) is 6.50. The largest absolute Gasteiger partial charge is 0.465 e. The summed E-state index contributed by atoms with van der Waals surface area (Å²) in [5.41, 5.74) is 0.639. The Labute approximate surface area is 128 Å². The van der Waals surface area contributed by atoms with Gasteiger partial charge in [0.15, 0.2) is 0 Å². The van der Waals surface area contributed by atoms with Gasteiger partial charge in [0.05, 0.1) is 18.2 Å².